The third-order valence-electron chi connectivity index (χ3n) is 3.24. The van der Waals surface area contributed by atoms with Crippen LogP contribution >= 0.6 is 0 Å². The highest BCUT2D eigenvalue weighted by atomic mass is 16.6. The Morgan fingerprint density at radius 1 is 1.21 bits per heavy atom. The Bertz CT molecular complexity index is 819. The molecule has 0 unspecified atom stereocenters. The van der Waals surface area contributed by atoms with Gasteiger partial charge in [-0.3, -0.25) is 4.98 Å². The molecule has 1 amide bonds. The molecule has 8 heteroatoms. The molecule has 0 aliphatic heterocycles. The molecule has 0 bridgehead atoms. The van der Waals surface area contributed by atoms with Gasteiger partial charge >= 0.3 is 6.09 Å². The Morgan fingerprint density at radius 3 is 2.88 bits per heavy atom. The number of nitrogens with one attached hydrogen (secondary N) is 2. The molecule has 0 aliphatic rings. The number of carbonyl (C=O) groups excluding carboxylic acids is 1. The molecule has 0 aliphatic carbocycles. The summed E-state index contributed by atoms with van der Waals surface area (Å²) in [7, 11) is 0. The summed E-state index contributed by atoms with van der Waals surface area (Å²) >= 11 is 0. The summed E-state index contributed by atoms with van der Waals surface area (Å²) in [6, 6.07) is 9.13. The zero-order valence-corrected chi connectivity index (χ0v) is 13.1. The van der Waals surface area contributed by atoms with Crippen molar-refractivity contribution < 1.29 is 9.53 Å². The van der Waals surface area contributed by atoms with E-state index in [-0.39, 0.29) is 0 Å². The molecule has 1 aromatic carbocycles. The highest BCUT2D eigenvalue weighted by Gasteiger charge is 2.08. The van der Waals surface area contributed by atoms with Gasteiger partial charge in [-0.1, -0.05) is 19.1 Å². The first-order chi connectivity index (χ1) is 11.8. The average Bonchev–Trinajstić information content (AvgIpc) is 3.15. The lowest BCUT2D eigenvalue weighted by molar-refractivity contribution is 0.200. The molecule has 0 radical (unpaired) electrons. The number of carbonyl (C=O) groups is 1. The number of hydrogen-bond acceptors (Lipinski definition) is 6. The summed E-state index contributed by atoms with van der Waals surface area (Å²) in [5.41, 5.74) is 2.47. The normalized spacial score (nSPS) is 10.4. The number of benzene rings is 1. The number of tetrazole rings is 1. The van der Waals surface area contributed by atoms with Gasteiger partial charge in [-0.2, -0.15) is 5.21 Å². The van der Waals surface area contributed by atoms with Crippen LogP contribution in [0.1, 0.15) is 13.3 Å². The van der Waals surface area contributed by atoms with Crippen LogP contribution in [-0.2, 0) is 0 Å². The summed E-state index contributed by atoms with van der Waals surface area (Å²) in [5, 5.41) is 16.5. The minimum absolute atomic E-state index is 0.464. The molecule has 2 aromatic heterocycles. The van der Waals surface area contributed by atoms with Gasteiger partial charge in [0.05, 0.1) is 0 Å². The fourth-order valence-corrected chi connectivity index (χ4v) is 2.11. The monoisotopic (exact) mass is 324 g/mol. The van der Waals surface area contributed by atoms with Crippen molar-refractivity contribution in [2.24, 2.45) is 0 Å². The first-order valence-electron chi connectivity index (χ1n) is 7.51. The first kappa shape index (κ1) is 15.6. The lowest BCUT2D eigenvalue weighted by atomic mass is 10.1. The van der Waals surface area contributed by atoms with Gasteiger partial charge in [-0.15, -0.1) is 10.2 Å². The van der Waals surface area contributed by atoms with Crippen LogP contribution in [0.4, 0.5) is 4.79 Å². The van der Waals surface area contributed by atoms with E-state index < -0.39 is 6.09 Å². The largest absolute Gasteiger partial charge is 0.412 e. The predicted octanol–water partition coefficient (Wildman–Crippen LogP) is 2.43. The fraction of sp³-hybridized carbons (Fsp3) is 0.188. The van der Waals surface area contributed by atoms with Crippen molar-refractivity contribution in [3.63, 3.8) is 0 Å². The minimum Gasteiger partial charge on any atom is -0.410 e. The van der Waals surface area contributed by atoms with Crippen LogP contribution in [0.25, 0.3) is 22.5 Å². The lowest BCUT2D eigenvalue weighted by Gasteiger charge is -2.08. The Morgan fingerprint density at radius 2 is 2.08 bits per heavy atom. The summed E-state index contributed by atoms with van der Waals surface area (Å²) < 4.78 is 5.27. The molecular formula is C16H16N6O2. The molecule has 8 nitrogen and oxygen atoms in total. The van der Waals surface area contributed by atoms with Crippen molar-refractivity contribution in [1.82, 2.24) is 30.9 Å². The van der Waals surface area contributed by atoms with E-state index in [0.29, 0.717) is 18.1 Å². The number of ether oxygens (including phenoxy) is 1. The zero-order chi connectivity index (χ0) is 16.8. The van der Waals surface area contributed by atoms with Crippen LogP contribution < -0.4 is 10.1 Å². The van der Waals surface area contributed by atoms with E-state index in [9.17, 15) is 4.79 Å². The molecule has 0 saturated heterocycles. The maximum absolute atomic E-state index is 11.7. The maximum atomic E-state index is 11.7. The molecular weight excluding hydrogens is 308 g/mol. The highest BCUT2D eigenvalue weighted by Crippen LogP contribution is 2.26. The van der Waals surface area contributed by atoms with Crippen LogP contribution in [0.2, 0.25) is 0 Å². The number of aromatic amines is 1. The van der Waals surface area contributed by atoms with Crippen molar-refractivity contribution in [2.75, 3.05) is 6.54 Å². The van der Waals surface area contributed by atoms with E-state index in [4.69, 9.17) is 4.74 Å². The number of amides is 1. The van der Waals surface area contributed by atoms with Crippen molar-refractivity contribution >= 4 is 6.09 Å². The molecule has 2 heterocycles. The standard InChI is InChI=1S/C16H16N6O2/c1-2-6-18-16(23)24-14-5-3-4-11(8-14)12-7-13(10-17-9-12)15-19-21-22-20-15/h3-5,7-10H,2,6H2,1H3,(H,18,23)(H,19,20,21,22). The van der Waals surface area contributed by atoms with E-state index >= 15 is 0 Å². The van der Waals surface area contributed by atoms with E-state index in [2.05, 4.69) is 30.9 Å². The second kappa shape index (κ2) is 7.32. The van der Waals surface area contributed by atoms with Crippen LogP contribution in [0.3, 0.4) is 0 Å². The molecule has 0 spiro atoms. The van der Waals surface area contributed by atoms with E-state index in [1.165, 1.54) is 0 Å². The number of hydrogen-bond donors (Lipinski definition) is 2. The Hall–Kier alpha value is -3.29. The van der Waals surface area contributed by atoms with Crippen molar-refractivity contribution in [2.45, 2.75) is 13.3 Å². The number of H-pyrrole nitrogens is 1. The SMILES string of the molecule is CCCNC(=O)Oc1cccc(-c2cncc(-c3nn[nH]n3)c2)c1. The van der Waals surface area contributed by atoms with Gasteiger partial charge in [0.15, 0.2) is 0 Å². The van der Waals surface area contributed by atoms with E-state index in [1.54, 1.807) is 24.5 Å². The van der Waals surface area contributed by atoms with Gasteiger partial charge in [0.1, 0.15) is 5.75 Å². The summed E-state index contributed by atoms with van der Waals surface area (Å²) in [4.78, 5) is 15.9. The first-order valence-corrected chi connectivity index (χ1v) is 7.51. The van der Waals surface area contributed by atoms with Crippen molar-refractivity contribution in [1.29, 1.82) is 0 Å². The van der Waals surface area contributed by atoms with Crippen LogP contribution in [0.15, 0.2) is 42.7 Å². The van der Waals surface area contributed by atoms with Crippen molar-refractivity contribution in [3.8, 4) is 28.3 Å². The average molecular weight is 324 g/mol. The van der Waals surface area contributed by atoms with Crippen LogP contribution in [0, 0.1) is 0 Å². The van der Waals surface area contributed by atoms with Crippen molar-refractivity contribution in [3.05, 3.63) is 42.7 Å². The molecule has 0 atom stereocenters. The van der Waals surface area contributed by atoms with Gasteiger partial charge in [-0.05, 0) is 35.4 Å². The number of nitrogens with zero attached hydrogens (tertiary/aromatic N) is 4. The molecule has 3 rings (SSSR count). The van der Waals surface area contributed by atoms with Gasteiger partial charge in [0.2, 0.25) is 5.82 Å². The van der Waals surface area contributed by atoms with Crippen LogP contribution in [-0.4, -0.2) is 38.2 Å². The number of aromatic nitrogens is 5. The molecule has 0 saturated carbocycles. The topological polar surface area (TPSA) is 106 Å². The summed E-state index contributed by atoms with van der Waals surface area (Å²) in [6.07, 6.45) is 3.77. The third kappa shape index (κ3) is 3.72. The van der Waals surface area contributed by atoms with Crippen LogP contribution in [0.5, 0.6) is 5.75 Å². The maximum Gasteiger partial charge on any atom is 0.412 e. The second-order valence-corrected chi connectivity index (χ2v) is 5.04. The van der Waals surface area contributed by atoms with Gasteiger partial charge in [-0.25, -0.2) is 4.79 Å². The zero-order valence-electron chi connectivity index (χ0n) is 13.1. The van der Waals surface area contributed by atoms with Gasteiger partial charge in [0, 0.05) is 30.1 Å². The molecule has 2 N–H and O–H groups in total. The molecule has 3 aromatic rings. The summed E-state index contributed by atoms with van der Waals surface area (Å²) in [6.45, 7) is 2.56. The predicted molar refractivity (Wildman–Crippen MR) is 87.2 cm³/mol. The number of rotatable bonds is 5. The third-order valence-corrected chi connectivity index (χ3v) is 3.24. The van der Waals surface area contributed by atoms with Gasteiger partial charge in [0.25, 0.3) is 0 Å². The fourth-order valence-electron chi connectivity index (χ4n) is 2.11. The smallest absolute Gasteiger partial charge is 0.410 e. The van der Waals surface area contributed by atoms with Gasteiger partial charge < -0.3 is 10.1 Å². The highest BCUT2D eigenvalue weighted by molar-refractivity contribution is 5.73. The molecule has 24 heavy (non-hydrogen) atoms. The Labute approximate surface area is 138 Å². The Kier molecular flexibility index (Phi) is 4.76. The minimum atomic E-state index is -0.465. The quantitative estimate of drug-likeness (QED) is 0.746. The Balaban J connectivity index is 1.81. The van der Waals surface area contributed by atoms with E-state index in [1.807, 2.05) is 25.1 Å². The molecule has 122 valence electrons. The second-order valence-electron chi connectivity index (χ2n) is 5.04. The molecule has 0 fully saturated rings. The lowest BCUT2D eigenvalue weighted by Crippen LogP contribution is -2.27. The van der Waals surface area contributed by atoms with E-state index in [0.717, 1.165) is 23.1 Å². The summed E-state index contributed by atoms with van der Waals surface area (Å²) in [5.74, 6) is 0.932. The number of pyridine rings is 1.